The molecular formula is C56H76BrN16O26P4S5-3. The van der Waals surface area contributed by atoms with Gasteiger partial charge in [-0.1, -0.05) is 37.5 Å². The number of nitrogens with two attached hydrogens (primary N) is 4. The maximum absolute atomic E-state index is 14.7. The molecule has 0 radical (unpaired) electrons. The molecule has 11 rings (SSSR count). The van der Waals surface area contributed by atoms with Crippen molar-refractivity contribution < 1.29 is 88.4 Å². The van der Waals surface area contributed by atoms with Gasteiger partial charge in [0.15, 0.2) is 18.0 Å². The number of nitrogen functional groups attached to an aromatic ring is 3. The summed E-state index contributed by atoms with van der Waals surface area (Å²) in [5.74, 6) is -0.559. The van der Waals surface area contributed by atoms with Gasteiger partial charge in [-0.15, -0.1) is 0 Å². The summed E-state index contributed by atoms with van der Waals surface area (Å²) >= 11 is 31.9. The molecule has 6 aromatic heterocycles. The number of fused-ring (bicyclic) bond motifs is 1. The van der Waals surface area contributed by atoms with E-state index in [-0.39, 0.29) is 109 Å². The van der Waals surface area contributed by atoms with E-state index < -0.39 is 178 Å². The fourth-order valence-electron chi connectivity index (χ4n) is 12.4. The van der Waals surface area contributed by atoms with Gasteiger partial charge < -0.3 is 131 Å². The van der Waals surface area contributed by atoms with Crippen LogP contribution in [0.1, 0.15) is 82.7 Å². The molecule has 42 nitrogen and oxygen atoms in total. The third kappa shape index (κ3) is 21.3. The smallest absolute Gasteiger partial charge is 0.351 e. The number of nitrogens with zero attached hydrogens (tertiary/aromatic N) is 9. The molecule has 0 amide bonds. The van der Waals surface area contributed by atoms with Gasteiger partial charge in [-0.25, -0.2) is 24.2 Å². The van der Waals surface area contributed by atoms with E-state index in [0.29, 0.717) is 19.6 Å². The van der Waals surface area contributed by atoms with Gasteiger partial charge in [-0.05, 0) is 65.0 Å². The Morgan fingerprint density at radius 3 is 1.71 bits per heavy atom. The number of aromatic nitrogens is 12. The lowest BCUT2D eigenvalue weighted by molar-refractivity contribution is -0.215. The number of halogens is 1. The zero-order valence-electron chi connectivity index (χ0n) is 57.3. The molecule has 5 saturated heterocycles. The number of aliphatic hydroxyl groups excluding tert-OH is 1. The van der Waals surface area contributed by atoms with Crippen LogP contribution in [-0.2, 0) is 138 Å². The maximum atomic E-state index is 14.7. The number of rotatable bonds is 36. The summed E-state index contributed by atoms with van der Waals surface area (Å²) < 4.78 is 119. The van der Waals surface area contributed by atoms with E-state index >= 15 is 0 Å². The molecule has 0 aliphatic carbocycles. The number of nitrogens with one attached hydrogen (secondary N) is 3. The van der Waals surface area contributed by atoms with Gasteiger partial charge in [0, 0.05) is 62.6 Å². The van der Waals surface area contributed by atoms with E-state index in [0.717, 1.165) is 19.9 Å². The van der Waals surface area contributed by atoms with Crippen LogP contribution in [0.5, 0.6) is 0 Å². The van der Waals surface area contributed by atoms with Crippen LogP contribution in [0.2, 0.25) is 0 Å². The summed E-state index contributed by atoms with van der Waals surface area (Å²) in [7, 11) is 0. The van der Waals surface area contributed by atoms with Gasteiger partial charge in [-0.2, -0.15) is 15.0 Å². The molecule has 6 aromatic rings. The molecule has 108 heavy (non-hydrogen) atoms. The Kier molecular flexibility index (Phi) is 28.4. The Morgan fingerprint density at radius 1 is 0.611 bits per heavy atom. The molecule has 11 heterocycles. The zero-order chi connectivity index (χ0) is 77.7. The number of hydrogen-bond acceptors (Lipinski definition) is 39. The Morgan fingerprint density at radius 2 is 1.11 bits per heavy atom. The van der Waals surface area contributed by atoms with E-state index in [9.17, 15) is 48.1 Å². The molecule has 19 atom stereocenters. The van der Waals surface area contributed by atoms with Crippen LogP contribution in [0.4, 0.5) is 17.6 Å². The van der Waals surface area contributed by atoms with Crippen molar-refractivity contribution in [2.75, 3.05) is 89.8 Å². The lowest BCUT2D eigenvalue weighted by Crippen LogP contribution is -2.33. The van der Waals surface area contributed by atoms with Gasteiger partial charge >= 0.3 is 29.5 Å². The predicted octanol–water partition coefficient (Wildman–Crippen LogP) is 0.105. The Balaban J connectivity index is 0.816. The van der Waals surface area contributed by atoms with Crippen LogP contribution in [0, 0.1) is 18.8 Å². The van der Waals surface area contributed by atoms with Gasteiger partial charge in [0.05, 0.1) is 113 Å². The van der Waals surface area contributed by atoms with E-state index in [2.05, 4.69) is 50.8 Å². The van der Waals surface area contributed by atoms with Crippen LogP contribution in [0.25, 0.3) is 11.2 Å². The fraction of sp³-hybridized carbons (Fsp3) is 0.625. The molecule has 5 fully saturated rings. The first kappa shape index (κ1) is 84.4. The van der Waals surface area contributed by atoms with Crippen molar-refractivity contribution in [1.29, 1.82) is 0 Å². The number of anilines is 3. The molecule has 0 saturated carbocycles. The Hall–Kier alpha value is -4.53. The quantitative estimate of drug-likeness (QED) is 0.0147. The van der Waals surface area contributed by atoms with Gasteiger partial charge in [0.25, 0.3) is 16.7 Å². The molecule has 5 aliphatic heterocycles. The molecule has 0 spiro atoms. The average Bonchev–Trinajstić information content (AvgIpc) is 1.62. The minimum Gasteiger partial charge on any atom is -0.780 e. The van der Waals surface area contributed by atoms with Gasteiger partial charge in [-0.3, -0.25) is 56.7 Å². The van der Waals surface area contributed by atoms with Crippen molar-refractivity contribution >= 4 is 131 Å². The first-order valence-corrected chi connectivity index (χ1v) is 45.3. The van der Waals surface area contributed by atoms with Crippen LogP contribution < -0.4 is 67.3 Å². The third-order valence-electron chi connectivity index (χ3n) is 17.6. The summed E-state index contributed by atoms with van der Waals surface area (Å²) in [5, 5.41) is 10.2. The van der Waals surface area contributed by atoms with Crippen molar-refractivity contribution in [2.24, 2.45) is 17.6 Å². The molecule has 12 N–H and O–H groups in total. The topological polar surface area (TPSA) is 555 Å². The highest BCUT2D eigenvalue weighted by Crippen LogP contribution is 2.57. The molecule has 596 valence electrons. The number of imidazole rings is 1. The maximum Gasteiger partial charge on any atom is 0.351 e. The minimum atomic E-state index is -4.82. The summed E-state index contributed by atoms with van der Waals surface area (Å²) in [5.41, 5.74) is 13.8. The SMILES string of the molecule is Cc1cn([C@H]2CC(OP(=S)(OCCOCCOCCN)OC[C@H]3O[C@@H](n4ccc(N)nc4=O)CC3C(C)C)[C@@H](COP(=S)([S-])OC3C[C@H](n4cnc5c(=O)[nH]c(N)nc54)O[C@@H]3COP(=O)([S-])OC3C[C@H](n4ccc(N)nc4=O)O[C@@H]3COP([O-])(=S)OC3C[C@H](n4cc(Br)c(=O)[nH]c4=O)O[C@@H]3CO)O2)c(=O)[nH]c1=O. The number of hydrogen-bond donors (Lipinski definition) is 8. The highest BCUT2D eigenvalue weighted by Gasteiger charge is 2.47. The number of H-pyrrole nitrogens is 3. The Bertz CT molecular complexity index is 4850. The van der Waals surface area contributed by atoms with Crippen molar-refractivity contribution in [3.05, 3.63) is 126 Å². The fourth-order valence-corrected chi connectivity index (χ4v) is 19.7. The standard InChI is InChI=1S/C56H79BrN16O26P4S5/c1-27(2)29-14-42(69-7-4-40(59)63-53(69)78)92-36(29)22-89-102(106,86-13-12-85-11-10-84-9-6-58)98-33-17-44(71-19-28(3)49(75)67-55(71)80)94-39(33)25-90-103(107,108)99-34-18-46(73-26-62-47-48(73)65-52(61)66-51(47)77)95-38(34)24-88-101(83,105)97-32-16-43(70-8-5-41(60)64-54(70)79)93-37(32)23-87-100(82,104)96-31-15-45(91-35(31)21-74)72-20-30(57)50(76)68-56(72)81/h4-5,7-8,19-20,26-27,29,31-39,42-46,74H,6,9-18,21-25,58H2,1-3H3,(H,82,104)(H,83,105)(H,107,108)(H2,59,63,78)(H2,60,64,79)(H,67,75,80)(H,68,76,81)(H3,61,65,66,77)/p-3/t29?,31?,32?,33?,34?,35-,36-,37-,38-,39-,42-,43-,44-,45-,46-,100?,101?,102?/m1/s1. The van der Waals surface area contributed by atoms with Crippen LogP contribution in [-0.4, -0.2) is 190 Å². The van der Waals surface area contributed by atoms with Crippen molar-refractivity contribution in [3.8, 4) is 0 Å². The van der Waals surface area contributed by atoms with Crippen molar-refractivity contribution in [2.45, 2.75) is 139 Å². The number of aromatic amines is 3. The normalized spacial score (nSPS) is 28.2. The van der Waals surface area contributed by atoms with E-state index in [1.807, 2.05) is 13.8 Å². The van der Waals surface area contributed by atoms with Crippen LogP contribution in [0.15, 0.2) is 81.3 Å². The number of aryl methyl sites for hydroxylation is 1. The Labute approximate surface area is 645 Å². The van der Waals surface area contributed by atoms with Crippen molar-refractivity contribution in [1.82, 2.24) is 57.7 Å². The third-order valence-corrected chi connectivity index (χ3v) is 25.8. The second-order valence-electron chi connectivity index (χ2n) is 25.3. The number of ether oxygens (including phenoxy) is 7. The summed E-state index contributed by atoms with van der Waals surface area (Å²) in [6.45, 7) is -10.0. The molecule has 52 heteroatoms. The zero-order valence-corrected chi connectivity index (χ0v) is 66.5. The first-order chi connectivity index (χ1) is 51.2. The second-order valence-corrected chi connectivity index (χ2v) is 39.5. The second kappa shape index (κ2) is 36.3. The molecule has 0 aromatic carbocycles. The largest absolute Gasteiger partial charge is 0.780 e. The molecule has 5 aliphatic rings. The monoisotopic (exact) mass is 1750 g/mol. The first-order valence-electron chi connectivity index (χ1n) is 33.2. The molecule has 9 unspecified atom stereocenters. The van der Waals surface area contributed by atoms with Gasteiger partial charge in [0.1, 0.15) is 73.9 Å². The predicted molar refractivity (Wildman–Crippen MR) is 397 cm³/mol. The summed E-state index contributed by atoms with van der Waals surface area (Å²) in [4.78, 5) is 127. The summed E-state index contributed by atoms with van der Waals surface area (Å²) in [6.07, 6.45) is -10.5. The van der Waals surface area contributed by atoms with E-state index in [1.165, 1.54) is 53.1 Å². The van der Waals surface area contributed by atoms with E-state index in [4.69, 9.17) is 157 Å². The molecular weight excluding hydrogens is 1680 g/mol. The highest BCUT2D eigenvalue weighted by atomic mass is 79.9. The van der Waals surface area contributed by atoms with E-state index in [1.54, 1.807) is 0 Å². The lowest BCUT2D eigenvalue weighted by atomic mass is 9.89. The summed E-state index contributed by atoms with van der Waals surface area (Å²) in [6, 6.07) is 2.78. The average molecular weight is 1750 g/mol. The number of aliphatic hydroxyl groups is 1. The lowest BCUT2D eigenvalue weighted by Gasteiger charge is -2.35. The minimum absolute atomic E-state index is 0.000578. The highest BCUT2D eigenvalue weighted by molar-refractivity contribution is 9.10. The van der Waals surface area contributed by atoms with Crippen molar-refractivity contribution in [3.63, 3.8) is 0 Å². The van der Waals surface area contributed by atoms with Gasteiger partial charge in [0.2, 0.25) is 5.95 Å². The van der Waals surface area contributed by atoms with Crippen LogP contribution >= 0.6 is 41.9 Å². The molecule has 0 bridgehead atoms. The van der Waals surface area contributed by atoms with Crippen LogP contribution in [0.3, 0.4) is 0 Å².